The highest BCUT2D eigenvalue weighted by Gasteiger charge is 2.18. The topological polar surface area (TPSA) is 55.7 Å². The van der Waals surface area contributed by atoms with Crippen molar-refractivity contribution in [1.82, 2.24) is 0 Å². The standard InChI is InChI=1S/C11H11Cl2NO3S/c12-9-5-4-8(7-10(9)13)18(15,16)14-11-3-1-2-6-17-11/h4-5,7H,1-3,6H2/b14-11-. The summed E-state index contributed by atoms with van der Waals surface area (Å²) in [4.78, 5) is 0.0126. The second-order valence-corrected chi connectivity index (χ2v) is 6.26. The van der Waals surface area contributed by atoms with Gasteiger partial charge < -0.3 is 4.74 Å². The maximum Gasteiger partial charge on any atom is 0.285 e. The first-order chi connectivity index (χ1) is 8.49. The SMILES string of the molecule is O=S(=O)(/N=C1/CCCCO1)c1ccc(Cl)c(Cl)c1. The summed E-state index contributed by atoms with van der Waals surface area (Å²) in [5.41, 5.74) is 0. The van der Waals surface area contributed by atoms with Gasteiger partial charge in [0.15, 0.2) is 5.90 Å². The summed E-state index contributed by atoms with van der Waals surface area (Å²) in [6.45, 7) is 0.510. The molecule has 0 radical (unpaired) electrons. The zero-order valence-corrected chi connectivity index (χ0v) is 11.7. The van der Waals surface area contributed by atoms with Gasteiger partial charge in [-0.3, -0.25) is 0 Å². The highest BCUT2D eigenvalue weighted by Crippen LogP contribution is 2.26. The van der Waals surface area contributed by atoms with E-state index in [0.29, 0.717) is 18.1 Å². The molecule has 1 aromatic rings. The molecule has 0 aromatic heterocycles. The molecule has 1 aromatic carbocycles. The van der Waals surface area contributed by atoms with E-state index in [2.05, 4.69) is 4.40 Å². The molecule has 0 amide bonds. The van der Waals surface area contributed by atoms with E-state index in [-0.39, 0.29) is 15.8 Å². The number of benzene rings is 1. The molecule has 0 unspecified atom stereocenters. The van der Waals surface area contributed by atoms with E-state index in [1.54, 1.807) is 0 Å². The summed E-state index contributed by atoms with van der Waals surface area (Å²) in [7, 11) is -3.78. The number of nitrogens with zero attached hydrogens (tertiary/aromatic N) is 1. The molecule has 2 rings (SSSR count). The molecule has 98 valence electrons. The van der Waals surface area contributed by atoms with Gasteiger partial charge in [-0.05, 0) is 31.0 Å². The molecule has 0 spiro atoms. The Morgan fingerprint density at radius 3 is 2.56 bits per heavy atom. The van der Waals surface area contributed by atoms with Crippen LogP contribution in [0.5, 0.6) is 0 Å². The second kappa shape index (κ2) is 5.47. The number of hydrogen-bond donors (Lipinski definition) is 0. The lowest BCUT2D eigenvalue weighted by atomic mass is 10.2. The maximum atomic E-state index is 12.0. The zero-order valence-electron chi connectivity index (χ0n) is 9.40. The van der Waals surface area contributed by atoms with E-state index >= 15 is 0 Å². The quantitative estimate of drug-likeness (QED) is 0.842. The summed E-state index contributed by atoms with van der Waals surface area (Å²) in [5, 5.41) is 0.486. The molecular formula is C11H11Cl2NO3S. The van der Waals surface area contributed by atoms with E-state index in [4.69, 9.17) is 27.9 Å². The van der Waals surface area contributed by atoms with Crippen molar-refractivity contribution in [2.45, 2.75) is 24.2 Å². The van der Waals surface area contributed by atoms with Crippen LogP contribution in [0.25, 0.3) is 0 Å². The van der Waals surface area contributed by atoms with Crippen LogP contribution in [-0.2, 0) is 14.8 Å². The summed E-state index contributed by atoms with van der Waals surface area (Å²) in [6, 6.07) is 4.08. The van der Waals surface area contributed by atoms with Gasteiger partial charge in [0.1, 0.15) is 0 Å². The van der Waals surface area contributed by atoms with Crippen LogP contribution in [0, 0.1) is 0 Å². The maximum absolute atomic E-state index is 12.0. The minimum Gasteiger partial charge on any atom is -0.480 e. The molecule has 18 heavy (non-hydrogen) atoms. The van der Waals surface area contributed by atoms with Crippen LogP contribution in [0.15, 0.2) is 27.5 Å². The van der Waals surface area contributed by atoms with Crippen molar-refractivity contribution < 1.29 is 13.2 Å². The molecule has 0 bridgehead atoms. The fourth-order valence-electron chi connectivity index (χ4n) is 1.54. The fourth-order valence-corrected chi connectivity index (χ4v) is 2.92. The molecule has 1 heterocycles. The molecule has 1 saturated heterocycles. The Labute approximate surface area is 116 Å². The lowest BCUT2D eigenvalue weighted by Crippen LogP contribution is -2.14. The lowest BCUT2D eigenvalue weighted by Gasteiger charge is -2.14. The van der Waals surface area contributed by atoms with Crippen LogP contribution in [0.2, 0.25) is 10.0 Å². The van der Waals surface area contributed by atoms with Crippen LogP contribution in [0.1, 0.15) is 19.3 Å². The van der Waals surface area contributed by atoms with Crippen LogP contribution in [-0.4, -0.2) is 20.9 Å². The number of hydrogen-bond acceptors (Lipinski definition) is 3. The lowest BCUT2D eigenvalue weighted by molar-refractivity contribution is 0.261. The van der Waals surface area contributed by atoms with Crippen molar-refractivity contribution in [2.24, 2.45) is 4.40 Å². The first kappa shape index (κ1) is 13.6. The average Bonchev–Trinajstić information content (AvgIpc) is 2.33. The number of halogens is 2. The Hall–Kier alpha value is -0.780. The molecule has 7 heteroatoms. The molecule has 0 aliphatic carbocycles. The minimum absolute atomic E-state index is 0.0126. The highest BCUT2D eigenvalue weighted by atomic mass is 35.5. The van der Waals surface area contributed by atoms with Gasteiger partial charge in [-0.15, -0.1) is 4.40 Å². The van der Waals surface area contributed by atoms with Gasteiger partial charge in [-0.1, -0.05) is 23.2 Å². The Kier molecular flexibility index (Phi) is 4.14. The average molecular weight is 308 g/mol. The summed E-state index contributed by atoms with van der Waals surface area (Å²) in [5.74, 6) is 0.257. The van der Waals surface area contributed by atoms with Gasteiger partial charge in [0.2, 0.25) is 0 Å². The predicted octanol–water partition coefficient (Wildman–Crippen LogP) is 3.28. The number of sulfonamides is 1. The largest absolute Gasteiger partial charge is 0.480 e. The number of ether oxygens (including phenoxy) is 1. The molecule has 1 aliphatic rings. The monoisotopic (exact) mass is 307 g/mol. The van der Waals surface area contributed by atoms with E-state index in [0.717, 1.165) is 12.8 Å². The molecular weight excluding hydrogens is 297 g/mol. The third kappa shape index (κ3) is 3.16. The van der Waals surface area contributed by atoms with Gasteiger partial charge in [-0.25, -0.2) is 0 Å². The van der Waals surface area contributed by atoms with E-state index in [1.807, 2.05) is 0 Å². The van der Waals surface area contributed by atoms with Gasteiger partial charge in [0.25, 0.3) is 10.0 Å². The van der Waals surface area contributed by atoms with Crippen LogP contribution >= 0.6 is 23.2 Å². The van der Waals surface area contributed by atoms with Gasteiger partial charge in [0, 0.05) is 6.42 Å². The Balaban J connectivity index is 2.32. The van der Waals surface area contributed by atoms with Crippen molar-refractivity contribution in [2.75, 3.05) is 6.61 Å². The third-order valence-electron chi connectivity index (χ3n) is 2.46. The van der Waals surface area contributed by atoms with Gasteiger partial charge in [0.05, 0.1) is 21.5 Å². The van der Waals surface area contributed by atoms with E-state index in [1.165, 1.54) is 18.2 Å². The van der Waals surface area contributed by atoms with Gasteiger partial charge >= 0.3 is 0 Å². The zero-order chi connectivity index (χ0) is 13.2. The van der Waals surface area contributed by atoms with Crippen molar-refractivity contribution in [1.29, 1.82) is 0 Å². The second-order valence-electron chi connectivity index (χ2n) is 3.84. The molecule has 1 aliphatic heterocycles. The van der Waals surface area contributed by atoms with E-state index < -0.39 is 10.0 Å². The normalized spacial score (nSPS) is 18.7. The summed E-state index contributed by atoms with van der Waals surface area (Å²) >= 11 is 11.5. The Morgan fingerprint density at radius 2 is 1.94 bits per heavy atom. The Bertz CT molecular complexity index is 576. The summed E-state index contributed by atoms with van der Waals surface area (Å²) in [6.07, 6.45) is 2.35. The van der Waals surface area contributed by atoms with Crippen molar-refractivity contribution in [3.63, 3.8) is 0 Å². The van der Waals surface area contributed by atoms with Crippen molar-refractivity contribution >= 4 is 39.1 Å². The third-order valence-corrected chi connectivity index (χ3v) is 4.50. The minimum atomic E-state index is -3.78. The fraction of sp³-hybridized carbons (Fsp3) is 0.364. The van der Waals surface area contributed by atoms with Crippen LogP contribution in [0.4, 0.5) is 0 Å². The predicted molar refractivity (Wildman–Crippen MR) is 70.9 cm³/mol. The smallest absolute Gasteiger partial charge is 0.285 e. The van der Waals surface area contributed by atoms with E-state index in [9.17, 15) is 8.42 Å². The highest BCUT2D eigenvalue weighted by molar-refractivity contribution is 7.90. The molecule has 4 nitrogen and oxygen atoms in total. The Morgan fingerprint density at radius 1 is 1.17 bits per heavy atom. The molecule has 0 atom stereocenters. The number of rotatable bonds is 2. The molecule has 1 fully saturated rings. The van der Waals surface area contributed by atoms with Crippen molar-refractivity contribution in [3.8, 4) is 0 Å². The van der Waals surface area contributed by atoms with Crippen molar-refractivity contribution in [3.05, 3.63) is 28.2 Å². The molecule has 0 N–H and O–H groups in total. The first-order valence-electron chi connectivity index (χ1n) is 5.41. The summed E-state index contributed by atoms with van der Waals surface area (Å²) < 4.78 is 32.9. The van der Waals surface area contributed by atoms with Gasteiger partial charge in [-0.2, -0.15) is 8.42 Å². The molecule has 0 saturated carbocycles. The van der Waals surface area contributed by atoms with Crippen LogP contribution < -0.4 is 0 Å². The van der Waals surface area contributed by atoms with Crippen LogP contribution in [0.3, 0.4) is 0 Å². The first-order valence-corrected chi connectivity index (χ1v) is 7.60.